The van der Waals surface area contributed by atoms with Gasteiger partial charge in [-0.2, -0.15) is 0 Å². The number of halogens is 1. The first-order valence-electron chi connectivity index (χ1n) is 8.39. The van der Waals surface area contributed by atoms with Gasteiger partial charge in [-0.3, -0.25) is 0 Å². The third-order valence-corrected chi connectivity index (χ3v) is 4.80. The van der Waals surface area contributed by atoms with E-state index in [0.717, 1.165) is 33.6 Å². The average molecular weight is 408 g/mol. The summed E-state index contributed by atoms with van der Waals surface area (Å²) in [5.74, 6) is 1.11. The topological polar surface area (TPSA) is 52.1 Å². The van der Waals surface area contributed by atoms with Crippen molar-refractivity contribution in [1.82, 2.24) is 9.97 Å². The van der Waals surface area contributed by atoms with Gasteiger partial charge in [0.25, 0.3) is 0 Å². The number of aromatic hydroxyl groups is 1. The van der Waals surface area contributed by atoms with E-state index in [4.69, 9.17) is 4.98 Å². The molecule has 3 aromatic carbocycles. The number of phenols is 1. The number of para-hydroxylation sites is 2. The van der Waals surface area contributed by atoms with Crippen LogP contribution >= 0.6 is 15.9 Å². The molecule has 0 radical (unpaired) electrons. The van der Waals surface area contributed by atoms with Crippen molar-refractivity contribution in [1.29, 1.82) is 0 Å². The summed E-state index contributed by atoms with van der Waals surface area (Å²) < 4.78 is 1.06. The Hall–Kier alpha value is -2.79. The second-order valence-electron chi connectivity index (χ2n) is 6.23. The first-order chi connectivity index (χ1) is 12.7. The van der Waals surface area contributed by atoms with Crippen LogP contribution in [-0.2, 0) is 13.1 Å². The molecule has 0 aliphatic rings. The van der Waals surface area contributed by atoms with E-state index in [0.29, 0.717) is 6.54 Å². The van der Waals surface area contributed by atoms with Gasteiger partial charge < -0.3 is 15.0 Å². The molecule has 4 aromatic rings. The lowest BCUT2D eigenvalue weighted by molar-refractivity contribution is 0.475. The Bertz CT molecular complexity index is 929. The highest BCUT2D eigenvalue weighted by atomic mass is 79.9. The number of H-pyrrole nitrogens is 1. The molecule has 4 rings (SSSR count). The van der Waals surface area contributed by atoms with Crippen LogP contribution < -0.4 is 4.90 Å². The first-order valence-corrected chi connectivity index (χ1v) is 9.19. The summed E-state index contributed by atoms with van der Waals surface area (Å²) >= 11 is 3.48. The number of nitrogens with one attached hydrogen (secondary N) is 1. The van der Waals surface area contributed by atoms with E-state index in [9.17, 15) is 5.11 Å². The van der Waals surface area contributed by atoms with Gasteiger partial charge in [0.1, 0.15) is 5.75 Å². The van der Waals surface area contributed by atoms with E-state index in [2.05, 4.69) is 37.9 Å². The molecule has 0 bridgehead atoms. The molecule has 1 aromatic heterocycles. The minimum Gasteiger partial charge on any atom is -0.508 e. The van der Waals surface area contributed by atoms with Gasteiger partial charge in [0, 0.05) is 17.6 Å². The van der Waals surface area contributed by atoms with Crippen LogP contribution in [0.1, 0.15) is 11.1 Å². The van der Waals surface area contributed by atoms with Crippen molar-refractivity contribution in [3.8, 4) is 5.75 Å². The fourth-order valence-electron chi connectivity index (χ4n) is 2.93. The number of rotatable bonds is 5. The fraction of sp³-hybridized carbons (Fsp3) is 0.0952. The Morgan fingerprint density at radius 2 is 1.46 bits per heavy atom. The molecule has 0 saturated carbocycles. The second-order valence-corrected chi connectivity index (χ2v) is 7.14. The molecule has 0 amide bonds. The zero-order chi connectivity index (χ0) is 17.9. The number of fused-ring (bicyclic) bond motifs is 1. The quantitative estimate of drug-likeness (QED) is 0.475. The van der Waals surface area contributed by atoms with Crippen LogP contribution in [0.2, 0.25) is 0 Å². The lowest BCUT2D eigenvalue weighted by Crippen LogP contribution is -2.23. The van der Waals surface area contributed by atoms with Gasteiger partial charge in [-0.1, -0.05) is 52.3 Å². The van der Waals surface area contributed by atoms with Crippen molar-refractivity contribution >= 4 is 32.9 Å². The van der Waals surface area contributed by atoms with Crippen molar-refractivity contribution in [3.05, 3.63) is 88.4 Å². The van der Waals surface area contributed by atoms with Crippen molar-refractivity contribution in [2.24, 2.45) is 0 Å². The molecule has 0 spiro atoms. The summed E-state index contributed by atoms with van der Waals surface area (Å²) in [6.07, 6.45) is 0. The monoisotopic (exact) mass is 407 g/mol. The summed E-state index contributed by atoms with van der Waals surface area (Å²) in [6.45, 7) is 1.42. The molecule has 0 aliphatic heterocycles. The van der Waals surface area contributed by atoms with Crippen LogP contribution in [0.3, 0.4) is 0 Å². The van der Waals surface area contributed by atoms with Crippen LogP contribution in [0.4, 0.5) is 5.95 Å². The highest BCUT2D eigenvalue weighted by molar-refractivity contribution is 9.10. The smallest absolute Gasteiger partial charge is 0.204 e. The van der Waals surface area contributed by atoms with Crippen molar-refractivity contribution in [3.63, 3.8) is 0 Å². The largest absolute Gasteiger partial charge is 0.508 e. The molecule has 0 unspecified atom stereocenters. The summed E-state index contributed by atoms with van der Waals surface area (Å²) in [7, 11) is 0. The number of anilines is 1. The van der Waals surface area contributed by atoms with Crippen LogP contribution in [0.15, 0.2) is 77.3 Å². The zero-order valence-electron chi connectivity index (χ0n) is 14.1. The maximum atomic E-state index is 9.53. The molecule has 26 heavy (non-hydrogen) atoms. The highest BCUT2D eigenvalue weighted by Crippen LogP contribution is 2.22. The SMILES string of the molecule is Oc1ccc(CN(Cc2ccc(Br)cc2)c2nc3ccccc3[nH]2)cc1. The van der Waals surface area contributed by atoms with Gasteiger partial charge in [-0.05, 0) is 47.5 Å². The molecule has 4 nitrogen and oxygen atoms in total. The number of hydrogen-bond acceptors (Lipinski definition) is 3. The molecule has 5 heteroatoms. The first kappa shape index (κ1) is 16.7. The van der Waals surface area contributed by atoms with E-state index in [-0.39, 0.29) is 5.75 Å². The minimum absolute atomic E-state index is 0.275. The average Bonchev–Trinajstić information content (AvgIpc) is 3.09. The Balaban J connectivity index is 1.67. The van der Waals surface area contributed by atoms with Crippen molar-refractivity contribution in [2.45, 2.75) is 13.1 Å². The molecule has 0 saturated heterocycles. The number of phenolic OH excluding ortho intramolecular Hbond substituents is 1. The number of aromatic nitrogens is 2. The van der Waals surface area contributed by atoms with E-state index >= 15 is 0 Å². The van der Waals surface area contributed by atoms with E-state index in [1.807, 2.05) is 48.5 Å². The van der Waals surface area contributed by atoms with Gasteiger partial charge >= 0.3 is 0 Å². The Morgan fingerprint density at radius 1 is 0.846 bits per heavy atom. The lowest BCUT2D eigenvalue weighted by atomic mass is 10.1. The summed E-state index contributed by atoms with van der Waals surface area (Å²) in [6, 6.07) is 23.6. The summed E-state index contributed by atoms with van der Waals surface area (Å²) in [5, 5.41) is 9.53. The molecule has 2 N–H and O–H groups in total. The van der Waals surface area contributed by atoms with Gasteiger partial charge in [0.05, 0.1) is 11.0 Å². The Labute approximate surface area is 160 Å². The van der Waals surface area contributed by atoms with E-state index in [1.165, 1.54) is 5.56 Å². The van der Waals surface area contributed by atoms with Crippen LogP contribution in [0, 0.1) is 0 Å². The lowest BCUT2D eigenvalue weighted by Gasteiger charge is -2.22. The maximum Gasteiger partial charge on any atom is 0.204 e. The van der Waals surface area contributed by atoms with Crippen LogP contribution in [-0.4, -0.2) is 15.1 Å². The molecule has 1 heterocycles. The third kappa shape index (κ3) is 3.73. The molecule has 0 fully saturated rings. The van der Waals surface area contributed by atoms with Gasteiger partial charge in [-0.15, -0.1) is 0 Å². The van der Waals surface area contributed by atoms with E-state index < -0.39 is 0 Å². The van der Waals surface area contributed by atoms with E-state index in [1.54, 1.807) is 12.1 Å². The zero-order valence-corrected chi connectivity index (χ0v) is 15.6. The molecular weight excluding hydrogens is 390 g/mol. The van der Waals surface area contributed by atoms with Crippen molar-refractivity contribution in [2.75, 3.05) is 4.90 Å². The third-order valence-electron chi connectivity index (χ3n) is 4.27. The number of imidazole rings is 1. The fourth-order valence-corrected chi connectivity index (χ4v) is 3.19. The maximum absolute atomic E-state index is 9.53. The highest BCUT2D eigenvalue weighted by Gasteiger charge is 2.13. The van der Waals surface area contributed by atoms with Crippen LogP contribution in [0.5, 0.6) is 5.75 Å². The molecule has 0 aliphatic carbocycles. The normalized spacial score (nSPS) is 11.0. The molecule has 130 valence electrons. The van der Waals surface area contributed by atoms with Gasteiger partial charge in [-0.25, -0.2) is 4.98 Å². The van der Waals surface area contributed by atoms with Crippen LogP contribution in [0.25, 0.3) is 11.0 Å². The van der Waals surface area contributed by atoms with Crippen molar-refractivity contribution < 1.29 is 5.11 Å². The predicted molar refractivity (Wildman–Crippen MR) is 108 cm³/mol. The Kier molecular flexibility index (Phi) is 4.63. The Morgan fingerprint density at radius 3 is 2.12 bits per heavy atom. The molecular formula is C21H18BrN3O. The standard InChI is InChI=1S/C21H18BrN3O/c22-17-9-5-15(6-10-17)13-25(14-16-7-11-18(26)12-8-16)21-23-19-3-1-2-4-20(19)24-21/h1-12,26H,13-14H2,(H,23,24). The number of aromatic amines is 1. The minimum atomic E-state index is 0.275. The second kappa shape index (κ2) is 7.22. The predicted octanol–water partition coefficient (Wildman–Crippen LogP) is 5.24. The number of hydrogen-bond donors (Lipinski definition) is 2. The number of benzene rings is 3. The number of nitrogens with zero attached hydrogens (tertiary/aromatic N) is 2. The van der Waals surface area contributed by atoms with Gasteiger partial charge in [0.15, 0.2) is 0 Å². The molecule has 0 atom stereocenters. The summed E-state index contributed by atoms with van der Waals surface area (Å²) in [5.41, 5.74) is 4.29. The van der Waals surface area contributed by atoms with Gasteiger partial charge in [0.2, 0.25) is 5.95 Å². The summed E-state index contributed by atoms with van der Waals surface area (Å²) in [4.78, 5) is 10.4.